The smallest absolute Gasteiger partial charge is 0.303 e. The van der Waals surface area contributed by atoms with Gasteiger partial charge in [-0.2, -0.15) is 0 Å². The molecule has 1 heterocycles. The number of nitrogens with zero attached hydrogens (tertiary/aromatic N) is 1. The van der Waals surface area contributed by atoms with E-state index in [1.54, 1.807) is 0 Å². The first-order valence-corrected chi connectivity index (χ1v) is 6.09. The van der Waals surface area contributed by atoms with E-state index in [2.05, 4.69) is 0 Å². The SMILES string of the molecule is Cn1cc(Cl)c2cccc(C(N)CCC(=O)O)c21. The minimum atomic E-state index is -0.831. The van der Waals surface area contributed by atoms with E-state index < -0.39 is 5.97 Å². The Morgan fingerprint density at radius 2 is 2.28 bits per heavy atom. The van der Waals surface area contributed by atoms with Gasteiger partial charge >= 0.3 is 5.97 Å². The zero-order valence-electron chi connectivity index (χ0n) is 10.1. The maximum Gasteiger partial charge on any atom is 0.303 e. The summed E-state index contributed by atoms with van der Waals surface area (Å²) < 4.78 is 1.92. The summed E-state index contributed by atoms with van der Waals surface area (Å²) in [4.78, 5) is 10.6. The highest BCUT2D eigenvalue weighted by molar-refractivity contribution is 6.35. The maximum atomic E-state index is 10.6. The average molecular weight is 267 g/mol. The van der Waals surface area contributed by atoms with Crippen molar-refractivity contribution in [3.8, 4) is 0 Å². The largest absolute Gasteiger partial charge is 0.481 e. The number of rotatable bonds is 4. The van der Waals surface area contributed by atoms with Crippen LogP contribution in [0.1, 0.15) is 24.4 Å². The Labute approximate surface area is 110 Å². The van der Waals surface area contributed by atoms with Gasteiger partial charge in [0.1, 0.15) is 0 Å². The molecule has 0 saturated heterocycles. The number of hydrogen-bond acceptors (Lipinski definition) is 2. The first-order valence-electron chi connectivity index (χ1n) is 5.71. The van der Waals surface area contributed by atoms with Gasteiger partial charge in [-0.1, -0.05) is 29.8 Å². The standard InChI is InChI=1S/C13H15ClN2O2/c1-16-7-10(14)8-3-2-4-9(13(8)16)11(15)5-6-12(17)18/h2-4,7,11H,5-6,15H2,1H3,(H,17,18). The molecule has 1 aromatic heterocycles. The number of aliphatic carboxylic acids is 1. The lowest BCUT2D eigenvalue weighted by Crippen LogP contribution is -2.13. The molecule has 0 aliphatic carbocycles. The van der Waals surface area contributed by atoms with Crippen molar-refractivity contribution in [3.63, 3.8) is 0 Å². The van der Waals surface area contributed by atoms with Gasteiger partial charge in [0.15, 0.2) is 0 Å². The Bertz CT molecular complexity index is 592. The van der Waals surface area contributed by atoms with Gasteiger partial charge in [-0.3, -0.25) is 4.79 Å². The number of aromatic nitrogens is 1. The van der Waals surface area contributed by atoms with Gasteiger partial charge in [-0.25, -0.2) is 0 Å². The van der Waals surface area contributed by atoms with Crippen LogP contribution >= 0.6 is 11.6 Å². The molecule has 2 rings (SSSR count). The number of para-hydroxylation sites is 1. The molecular formula is C13H15ClN2O2. The van der Waals surface area contributed by atoms with E-state index in [0.29, 0.717) is 11.4 Å². The van der Waals surface area contributed by atoms with E-state index in [1.165, 1.54) is 0 Å². The average Bonchev–Trinajstić information content (AvgIpc) is 2.62. The number of carboxylic acid groups (broad SMARTS) is 1. The van der Waals surface area contributed by atoms with Crippen LogP contribution in [0, 0.1) is 0 Å². The van der Waals surface area contributed by atoms with Crippen molar-refractivity contribution in [2.24, 2.45) is 12.8 Å². The summed E-state index contributed by atoms with van der Waals surface area (Å²) in [5.41, 5.74) is 7.97. The highest BCUT2D eigenvalue weighted by atomic mass is 35.5. The van der Waals surface area contributed by atoms with E-state index >= 15 is 0 Å². The molecule has 4 nitrogen and oxygen atoms in total. The van der Waals surface area contributed by atoms with Crippen molar-refractivity contribution in [1.29, 1.82) is 0 Å². The van der Waals surface area contributed by atoms with Crippen LogP contribution in [0.3, 0.4) is 0 Å². The van der Waals surface area contributed by atoms with Gasteiger partial charge in [0, 0.05) is 31.1 Å². The number of fused-ring (bicyclic) bond motifs is 1. The van der Waals surface area contributed by atoms with Crippen LogP contribution in [0.15, 0.2) is 24.4 Å². The van der Waals surface area contributed by atoms with Crippen molar-refractivity contribution in [2.45, 2.75) is 18.9 Å². The molecule has 0 spiro atoms. The lowest BCUT2D eigenvalue weighted by Gasteiger charge is -2.13. The molecule has 0 bridgehead atoms. The highest BCUT2D eigenvalue weighted by Gasteiger charge is 2.15. The van der Waals surface area contributed by atoms with Crippen LogP contribution in [0.5, 0.6) is 0 Å². The predicted molar refractivity (Wildman–Crippen MR) is 71.7 cm³/mol. The van der Waals surface area contributed by atoms with Crippen molar-refractivity contribution in [1.82, 2.24) is 4.57 Å². The third-order valence-electron chi connectivity index (χ3n) is 3.05. The van der Waals surface area contributed by atoms with Crippen molar-refractivity contribution < 1.29 is 9.90 Å². The van der Waals surface area contributed by atoms with Crippen molar-refractivity contribution in [3.05, 3.63) is 35.0 Å². The summed E-state index contributed by atoms with van der Waals surface area (Å²) in [6.07, 6.45) is 2.31. The quantitative estimate of drug-likeness (QED) is 0.894. The van der Waals surface area contributed by atoms with Gasteiger partial charge in [0.05, 0.1) is 10.5 Å². The van der Waals surface area contributed by atoms with Gasteiger partial charge in [0.2, 0.25) is 0 Å². The number of hydrogen-bond donors (Lipinski definition) is 2. The fourth-order valence-corrected chi connectivity index (χ4v) is 2.48. The van der Waals surface area contributed by atoms with Crippen LogP contribution in [0.4, 0.5) is 0 Å². The fraction of sp³-hybridized carbons (Fsp3) is 0.308. The summed E-state index contributed by atoms with van der Waals surface area (Å²) in [7, 11) is 1.90. The molecule has 96 valence electrons. The minimum Gasteiger partial charge on any atom is -0.481 e. The highest BCUT2D eigenvalue weighted by Crippen LogP contribution is 2.31. The Morgan fingerprint density at radius 1 is 1.56 bits per heavy atom. The molecule has 3 N–H and O–H groups in total. The van der Waals surface area contributed by atoms with Gasteiger partial charge < -0.3 is 15.4 Å². The number of halogens is 1. The molecule has 0 fully saturated rings. The first kappa shape index (κ1) is 12.9. The van der Waals surface area contributed by atoms with Crippen LogP contribution in [0.25, 0.3) is 10.9 Å². The van der Waals surface area contributed by atoms with Crippen LogP contribution in [-0.4, -0.2) is 15.6 Å². The van der Waals surface area contributed by atoms with Gasteiger partial charge in [-0.15, -0.1) is 0 Å². The maximum absolute atomic E-state index is 10.6. The third-order valence-corrected chi connectivity index (χ3v) is 3.35. The Hall–Kier alpha value is -1.52. The molecule has 5 heteroatoms. The topological polar surface area (TPSA) is 68.2 Å². The Balaban J connectivity index is 2.41. The molecule has 0 aliphatic rings. The van der Waals surface area contributed by atoms with Gasteiger partial charge in [-0.05, 0) is 12.0 Å². The molecule has 0 aliphatic heterocycles. The van der Waals surface area contributed by atoms with Crippen LogP contribution < -0.4 is 5.73 Å². The van der Waals surface area contributed by atoms with E-state index in [1.807, 2.05) is 36.0 Å². The van der Waals surface area contributed by atoms with Crippen LogP contribution in [0.2, 0.25) is 5.02 Å². The molecule has 1 atom stereocenters. The molecule has 18 heavy (non-hydrogen) atoms. The van der Waals surface area contributed by atoms with E-state index in [4.69, 9.17) is 22.4 Å². The Kier molecular flexibility index (Phi) is 3.59. The normalized spacial score (nSPS) is 12.8. The van der Waals surface area contributed by atoms with E-state index in [0.717, 1.165) is 16.5 Å². The fourth-order valence-electron chi connectivity index (χ4n) is 2.19. The molecule has 0 radical (unpaired) electrons. The Morgan fingerprint density at radius 3 is 2.94 bits per heavy atom. The summed E-state index contributed by atoms with van der Waals surface area (Å²) in [5.74, 6) is -0.831. The third kappa shape index (κ3) is 2.35. The first-order chi connectivity index (χ1) is 8.50. The molecule has 1 aromatic carbocycles. The molecule has 0 saturated carbocycles. The molecular weight excluding hydrogens is 252 g/mol. The lowest BCUT2D eigenvalue weighted by atomic mass is 10.0. The molecule has 2 aromatic rings. The van der Waals surface area contributed by atoms with E-state index in [9.17, 15) is 4.79 Å². The monoisotopic (exact) mass is 266 g/mol. The second kappa shape index (κ2) is 5.00. The molecule has 0 amide bonds. The summed E-state index contributed by atoms with van der Waals surface area (Å²) in [6, 6.07) is 5.45. The van der Waals surface area contributed by atoms with E-state index in [-0.39, 0.29) is 12.5 Å². The summed E-state index contributed by atoms with van der Waals surface area (Å²) in [6.45, 7) is 0. The zero-order chi connectivity index (χ0) is 13.3. The summed E-state index contributed by atoms with van der Waals surface area (Å²) in [5, 5.41) is 10.3. The summed E-state index contributed by atoms with van der Waals surface area (Å²) >= 11 is 6.13. The number of carboxylic acids is 1. The lowest BCUT2D eigenvalue weighted by molar-refractivity contribution is -0.137. The predicted octanol–water partition coefficient (Wildman–Crippen LogP) is 2.70. The van der Waals surface area contributed by atoms with Gasteiger partial charge in [0.25, 0.3) is 0 Å². The van der Waals surface area contributed by atoms with Crippen molar-refractivity contribution in [2.75, 3.05) is 0 Å². The number of aryl methyl sites for hydroxylation is 1. The second-order valence-electron chi connectivity index (χ2n) is 4.37. The number of carbonyl (C=O) groups is 1. The van der Waals surface area contributed by atoms with Crippen molar-refractivity contribution >= 4 is 28.5 Å². The zero-order valence-corrected chi connectivity index (χ0v) is 10.8. The van der Waals surface area contributed by atoms with Crippen LogP contribution in [-0.2, 0) is 11.8 Å². The minimum absolute atomic E-state index is 0.0652. The number of nitrogens with two attached hydrogens (primary N) is 1. The number of benzene rings is 1. The molecule has 1 unspecified atom stereocenters. The second-order valence-corrected chi connectivity index (χ2v) is 4.78.